The van der Waals surface area contributed by atoms with Gasteiger partial charge in [0.1, 0.15) is 17.4 Å². The van der Waals surface area contributed by atoms with E-state index in [1.807, 2.05) is 23.9 Å². The molecule has 0 amide bonds. The van der Waals surface area contributed by atoms with Crippen molar-refractivity contribution >= 4 is 29.2 Å². The average molecular weight is 740 g/mol. The SMILES string of the molecule is [C-]#[N+]c1ccc(OC2CCC(c3ncc(-c4ccc(-c5ccc(-c6cnc(-c7ccc(C(=O)OC)c(C(=O)OC)c7)n6C)cc5)cc4)n3C)CC2)cc1Cl. The van der Waals surface area contributed by atoms with Crippen LogP contribution in [0, 0.1) is 6.57 Å². The minimum Gasteiger partial charge on any atom is -0.490 e. The van der Waals surface area contributed by atoms with Crippen LogP contribution in [0.4, 0.5) is 5.69 Å². The zero-order valence-electron chi connectivity index (χ0n) is 30.4. The van der Waals surface area contributed by atoms with E-state index in [2.05, 4.69) is 70.0 Å². The lowest BCUT2D eigenvalue weighted by molar-refractivity contribution is 0.0555. The summed E-state index contributed by atoms with van der Waals surface area (Å²) in [6.45, 7) is 7.19. The molecule has 4 aromatic carbocycles. The first-order valence-electron chi connectivity index (χ1n) is 17.6. The predicted molar refractivity (Wildman–Crippen MR) is 208 cm³/mol. The number of carbonyl (C=O) groups is 2. The zero-order valence-corrected chi connectivity index (χ0v) is 31.1. The Morgan fingerprint density at radius 2 is 1.26 bits per heavy atom. The fourth-order valence-electron chi connectivity index (χ4n) is 7.22. The molecule has 0 saturated heterocycles. The molecule has 1 aliphatic rings. The topological polar surface area (TPSA) is 102 Å². The first-order chi connectivity index (χ1) is 26.2. The number of rotatable bonds is 9. The molecule has 0 atom stereocenters. The van der Waals surface area contributed by atoms with E-state index in [9.17, 15) is 9.59 Å². The number of nitrogens with zero attached hydrogens (tertiary/aromatic N) is 5. The van der Waals surface area contributed by atoms with Crippen LogP contribution in [-0.2, 0) is 23.6 Å². The van der Waals surface area contributed by atoms with Gasteiger partial charge in [-0.1, -0.05) is 72.3 Å². The highest BCUT2D eigenvalue weighted by molar-refractivity contribution is 6.33. The number of esters is 2. The van der Waals surface area contributed by atoms with Gasteiger partial charge >= 0.3 is 11.9 Å². The van der Waals surface area contributed by atoms with Crippen molar-refractivity contribution in [3.63, 3.8) is 0 Å². The molecule has 2 heterocycles. The number of halogens is 1. The van der Waals surface area contributed by atoms with Crippen molar-refractivity contribution in [3.05, 3.63) is 131 Å². The monoisotopic (exact) mass is 739 g/mol. The van der Waals surface area contributed by atoms with Crippen LogP contribution >= 0.6 is 11.6 Å². The predicted octanol–water partition coefficient (Wildman–Crippen LogP) is 9.70. The third kappa shape index (κ3) is 7.10. The van der Waals surface area contributed by atoms with Crippen LogP contribution in [0.1, 0.15) is 58.1 Å². The van der Waals surface area contributed by atoms with Crippen LogP contribution in [0.15, 0.2) is 97.3 Å². The summed E-state index contributed by atoms with van der Waals surface area (Å²) in [5.74, 6) is 1.54. The molecule has 1 aliphatic carbocycles. The van der Waals surface area contributed by atoms with E-state index in [1.54, 1.807) is 36.5 Å². The number of hydrogen-bond donors (Lipinski definition) is 0. The fraction of sp³-hybridized carbons (Fsp3) is 0.233. The molecule has 7 rings (SSSR count). The van der Waals surface area contributed by atoms with Gasteiger partial charge in [0.2, 0.25) is 5.69 Å². The fourth-order valence-corrected chi connectivity index (χ4v) is 7.43. The van der Waals surface area contributed by atoms with Crippen LogP contribution in [0.2, 0.25) is 5.02 Å². The van der Waals surface area contributed by atoms with Crippen molar-refractivity contribution in [1.29, 1.82) is 0 Å². The summed E-state index contributed by atoms with van der Waals surface area (Å²) >= 11 is 6.21. The van der Waals surface area contributed by atoms with Crippen molar-refractivity contribution in [2.75, 3.05) is 14.2 Å². The Morgan fingerprint density at radius 3 is 1.85 bits per heavy atom. The second-order valence-electron chi connectivity index (χ2n) is 13.3. The summed E-state index contributed by atoms with van der Waals surface area (Å²) in [7, 11) is 6.54. The van der Waals surface area contributed by atoms with Gasteiger partial charge in [0.25, 0.3) is 0 Å². The van der Waals surface area contributed by atoms with Crippen LogP contribution in [0.25, 0.3) is 49.9 Å². The lowest BCUT2D eigenvalue weighted by Gasteiger charge is -2.29. The van der Waals surface area contributed by atoms with Crippen molar-refractivity contribution < 1.29 is 23.8 Å². The highest BCUT2D eigenvalue weighted by Gasteiger charge is 2.27. The number of hydrogen-bond acceptors (Lipinski definition) is 7. The molecule has 0 spiro atoms. The van der Waals surface area contributed by atoms with Gasteiger partial charge in [-0.25, -0.2) is 24.4 Å². The van der Waals surface area contributed by atoms with E-state index in [0.29, 0.717) is 33.8 Å². The minimum atomic E-state index is -0.630. The highest BCUT2D eigenvalue weighted by Crippen LogP contribution is 2.37. The molecule has 0 bridgehead atoms. The maximum Gasteiger partial charge on any atom is 0.338 e. The average Bonchev–Trinajstić information content (AvgIpc) is 3.79. The van der Waals surface area contributed by atoms with Gasteiger partial charge in [0.05, 0.1) is 66.8 Å². The summed E-state index contributed by atoms with van der Waals surface area (Å²) in [4.78, 5) is 37.6. The molecule has 54 heavy (non-hydrogen) atoms. The Bertz CT molecular complexity index is 2380. The Kier molecular flexibility index (Phi) is 10.3. The van der Waals surface area contributed by atoms with E-state index in [4.69, 9.17) is 37.4 Å². The molecule has 6 aromatic rings. The van der Waals surface area contributed by atoms with E-state index in [0.717, 1.165) is 65.1 Å². The van der Waals surface area contributed by atoms with Crippen molar-refractivity contribution in [3.8, 4) is 50.8 Å². The molecule has 1 saturated carbocycles. The van der Waals surface area contributed by atoms with Crippen molar-refractivity contribution in [2.24, 2.45) is 14.1 Å². The van der Waals surface area contributed by atoms with Gasteiger partial charge in [-0.2, -0.15) is 0 Å². The van der Waals surface area contributed by atoms with E-state index >= 15 is 0 Å². The summed E-state index contributed by atoms with van der Waals surface area (Å²) in [6, 6.07) is 27.0. The summed E-state index contributed by atoms with van der Waals surface area (Å²) in [6.07, 6.45) is 7.69. The molecule has 0 N–H and O–H groups in total. The lowest BCUT2D eigenvalue weighted by atomic mass is 9.86. The molecule has 0 unspecified atom stereocenters. The molecule has 0 radical (unpaired) electrons. The third-order valence-electron chi connectivity index (χ3n) is 10.2. The maximum absolute atomic E-state index is 12.5. The first kappa shape index (κ1) is 36.2. The minimum absolute atomic E-state index is 0.111. The summed E-state index contributed by atoms with van der Waals surface area (Å²) < 4.78 is 20.1. The number of benzene rings is 4. The maximum atomic E-state index is 12.5. The van der Waals surface area contributed by atoms with E-state index in [-0.39, 0.29) is 17.2 Å². The van der Waals surface area contributed by atoms with Gasteiger partial charge in [0, 0.05) is 25.6 Å². The standard InChI is InChI=1S/C43H38ClN5O5/c1-45-37-21-19-33(23-36(37)44)54-32-17-14-30(15-18-32)40-46-24-38(48(40)2)28-10-6-26(7-11-28)27-8-12-29(13-9-27)39-25-47-41(49(39)3)31-16-20-34(42(50)52-4)35(22-31)43(51)53-5/h6-13,16,19-25,30,32H,14-15,17-18H2,2-5H3. The molecular formula is C43H38ClN5O5. The smallest absolute Gasteiger partial charge is 0.338 e. The zero-order chi connectivity index (χ0) is 37.9. The molecule has 0 aliphatic heterocycles. The normalized spacial score (nSPS) is 15.3. The first-order valence-corrected chi connectivity index (χ1v) is 18.0. The largest absolute Gasteiger partial charge is 0.490 e. The Morgan fingerprint density at radius 1 is 0.704 bits per heavy atom. The number of carbonyl (C=O) groups excluding carboxylic acids is 2. The van der Waals surface area contributed by atoms with Crippen LogP contribution in [0.5, 0.6) is 5.75 Å². The quantitative estimate of drug-likeness (QED) is 0.108. The lowest BCUT2D eigenvalue weighted by Crippen LogP contribution is -2.24. The number of ether oxygens (including phenoxy) is 3. The van der Waals surface area contributed by atoms with Crippen molar-refractivity contribution in [1.82, 2.24) is 19.1 Å². The number of imidazole rings is 2. The van der Waals surface area contributed by atoms with Gasteiger partial charge in [-0.15, -0.1) is 0 Å². The molecule has 11 heteroatoms. The third-order valence-corrected chi connectivity index (χ3v) is 10.5. The molecular weight excluding hydrogens is 702 g/mol. The molecule has 272 valence electrons. The van der Waals surface area contributed by atoms with E-state index in [1.165, 1.54) is 14.2 Å². The molecule has 10 nitrogen and oxygen atoms in total. The summed E-state index contributed by atoms with van der Waals surface area (Å²) in [5, 5.41) is 0.418. The Hall–Kier alpha value is -6.18. The second-order valence-corrected chi connectivity index (χ2v) is 13.7. The van der Waals surface area contributed by atoms with E-state index < -0.39 is 11.9 Å². The van der Waals surface area contributed by atoms with Gasteiger partial charge in [-0.3, -0.25) is 0 Å². The number of aromatic nitrogens is 4. The molecule has 2 aromatic heterocycles. The second kappa shape index (κ2) is 15.4. The summed E-state index contributed by atoms with van der Waals surface area (Å²) in [5.41, 5.74) is 7.59. The van der Waals surface area contributed by atoms with Crippen molar-refractivity contribution in [2.45, 2.75) is 37.7 Å². The number of methoxy groups -OCH3 is 2. The van der Waals surface area contributed by atoms with Gasteiger partial charge in [-0.05, 0) is 72.2 Å². The van der Waals surface area contributed by atoms with Crippen LogP contribution in [-0.4, -0.2) is 51.4 Å². The van der Waals surface area contributed by atoms with Gasteiger partial charge in [0.15, 0.2) is 0 Å². The Balaban J connectivity index is 1.01. The van der Waals surface area contributed by atoms with Gasteiger partial charge < -0.3 is 23.3 Å². The molecule has 1 fully saturated rings. The van der Waals surface area contributed by atoms with Crippen LogP contribution < -0.4 is 4.74 Å². The Labute approximate surface area is 318 Å². The van der Waals surface area contributed by atoms with Crippen LogP contribution in [0.3, 0.4) is 0 Å². The highest BCUT2D eigenvalue weighted by atomic mass is 35.5.